The summed E-state index contributed by atoms with van der Waals surface area (Å²) >= 11 is 0. The van der Waals surface area contributed by atoms with Crippen LogP contribution in [0.5, 0.6) is 5.75 Å². The third kappa shape index (κ3) is 3.02. The minimum Gasteiger partial charge on any atom is -0.497 e. The quantitative estimate of drug-likeness (QED) is 0.722. The molecule has 0 fully saturated rings. The molecule has 2 N–H and O–H groups in total. The van der Waals surface area contributed by atoms with Gasteiger partial charge in [0.15, 0.2) is 0 Å². The van der Waals surface area contributed by atoms with E-state index in [9.17, 15) is 8.42 Å². The molecule has 2 atom stereocenters. The second-order valence-electron chi connectivity index (χ2n) is 6.51. The van der Waals surface area contributed by atoms with Gasteiger partial charge in [-0.15, -0.1) is 0 Å². The third-order valence-corrected chi connectivity index (χ3v) is 5.41. The van der Waals surface area contributed by atoms with Crippen molar-refractivity contribution in [2.24, 2.45) is 0 Å². The summed E-state index contributed by atoms with van der Waals surface area (Å²) in [4.78, 5) is 0. The first kappa shape index (κ1) is 16.9. The molecular weight excluding hydrogens is 348 g/mol. The fourth-order valence-corrected chi connectivity index (χ4v) is 4.39. The lowest BCUT2D eigenvalue weighted by Gasteiger charge is -2.24. The van der Waals surface area contributed by atoms with Gasteiger partial charge in [-0.3, -0.25) is 0 Å². The largest absolute Gasteiger partial charge is 0.497 e. The van der Waals surface area contributed by atoms with Gasteiger partial charge in [0.25, 0.3) is 0 Å². The van der Waals surface area contributed by atoms with Gasteiger partial charge in [-0.25, -0.2) is 13.1 Å². The van der Waals surface area contributed by atoms with Crippen LogP contribution in [0.15, 0.2) is 60.7 Å². The van der Waals surface area contributed by atoms with Crippen LogP contribution in [0.2, 0.25) is 0 Å². The maximum Gasteiger partial charge on any atom is 0.209 e. The number of nitrogens with one attached hydrogen (secondary N) is 2. The molecule has 1 aliphatic rings. The molecule has 3 aromatic rings. The minimum atomic E-state index is -3.37. The van der Waals surface area contributed by atoms with Crippen molar-refractivity contribution >= 4 is 26.5 Å². The van der Waals surface area contributed by atoms with Crippen LogP contribution < -0.4 is 14.8 Å². The van der Waals surface area contributed by atoms with Crippen molar-refractivity contribution in [3.63, 3.8) is 0 Å². The van der Waals surface area contributed by atoms with E-state index in [2.05, 4.69) is 28.2 Å². The molecular formula is C20H20N2O3S. The average molecular weight is 368 g/mol. The van der Waals surface area contributed by atoms with Crippen LogP contribution in [0, 0.1) is 0 Å². The Bertz CT molecular complexity index is 1060. The van der Waals surface area contributed by atoms with Crippen LogP contribution in [0.25, 0.3) is 10.8 Å². The second-order valence-corrected chi connectivity index (χ2v) is 8.29. The number of methoxy groups -OCH3 is 1. The number of sulfonamides is 1. The molecule has 0 unspecified atom stereocenters. The van der Waals surface area contributed by atoms with Crippen molar-refractivity contribution < 1.29 is 13.2 Å². The van der Waals surface area contributed by atoms with Crippen LogP contribution in [0.4, 0.5) is 5.69 Å². The summed E-state index contributed by atoms with van der Waals surface area (Å²) in [6.45, 7) is 0. The molecule has 0 heterocycles. The highest BCUT2D eigenvalue weighted by atomic mass is 32.2. The Morgan fingerprint density at radius 1 is 0.885 bits per heavy atom. The molecule has 0 saturated carbocycles. The molecule has 0 saturated heterocycles. The lowest BCUT2D eigenvalue weighted by Crippen LogP contribution is -2.32. The lowest BCUT2D eigenvalue weighted by molar-refractivity contribution is 0.415. The van der Waals surface area contributed by atoms with Gasteiger partial charge in [-0.2, -0.15) is 0 Å². The van der Waals surface area contributed by atoms with Crippen molar-refractivity contribution in [3.8, 4) is 5.75 Å². The van der Waals surface area contributed by atoms with E-state index in [1.54, 1.807) is 7.11 Å². The summed E-state index contributed by atoms with van der Waals surface area (Å²) in [5.41, 5.74) is 2.99. The van der Waals surface area contributed by atoms with Crippen LogP contribution in [-0.2, 0) is 10.0 Å². The number of ether oxygens (including phenoxy) is 1. The van der Waals surface area contributed by atoms with Crippen molar-refractivity contribution in [3.05, 3.63) is 71.8 Å². The topological polar surface area (TPSA) is 67.4 Å². The van der Waals surface area contributed by atoms with Crippen LogP contribution in [0.1, 0.15) is 23.2 Å². The number of hydrogen-bond acceptors (Lipinski definition) is 4. The lowest BCUT2D eigenvalue weighted by atomic mass is 10.0. The molecule has 134 valence electrons. The second kappa shape index (κ2) is 6.30. The molecule has 0 radical (unpaired) electrons. The molecule has 6 heteroatoms. The normalized spacial score (nSPS) is 18.8. The predicted octanol–water partition coefficient (Wildman–Crippen LogP) is 3.61. The van der Waals surface area contributed by atoms with E-state index in [-0.39, 0.29) is 12.1 Å². The van der Waals surface area contributed by atoms with Crippen molar-refractivity contribution in [1.29, 1.82) is 0 Å². The average Bonchev–Trinajstić information content (AvgIpc) is 2.90. The highest BCUT2D eigenvalue weighted by molar-refractivity contribution is 7.88. The first-order chi connectivity index (χ1) is 12.5. The zero-order valence-corrected chi connectivity index (χ0v) is 15.4. The van der Waals surface area contributed by atoms with E-state index in [0.717, 1.165) is 33.3 Å². The molecule has 0 bridgehead atoms. The van der Waals surface area contributed by atoms with Gasteiger partial charge >= 0.3 is 0 Å². The maximum absolute atomic E-state index is 12.0. The number of hydrogen-bond donors (Lipinski definition) is 2. The molecule has 0 spiro atoms. The Hall–Kier alpha value is -2.57. The number of rotatable bonds is 5. The van der Waals surface area contributed by atoms with Gasteiger partial charge in [-0.05, 0) is 46.2 Å². The molecule has 1 aliphatic carbocycles. The highest BCUT2D eigenvalue weighted by Crippen LogP contribution is 2.45. The van der Waals surface area contributed by atoms with Crippen molar-refractivity contribution in [2.45, 2.75) is 12.1 Å². The number of anilines is 1. The summed E-state index contributed by atoms with van der Waals surface area (Å²) in [5, 5.41) is 5.71. The van der Waals surface area contributed by atoms with Crippen molar-refractivity contribution in [1.82, 2.24) is 4.72 Å². The van der Waals surface area contributed by atoms with Crippen LogP contribution in [0.3, 0.4) is 0 Å². The molecule has 5 nitrogen and oxygen atoms in total. The molecule has 4 rings (SSSR count). The van der Waals surface area contributed by atoms with Crippen molar-refractivity contribution in [2.75, 3.05) is 18.7 Å². The molecule has 3 aromatic carbocycles. The van der Waals surface area contributed by atoms with Gasteiger partial charge in [0.2, 0.25) is 10.0 Å². The van der Waals surface area contributed by atoms with Gasteiger partial charge in [0, 0.05) is 5.69 Å². The van der Waals surface area contributed by atoms with Crippen LogP contribution in [-0.4, -0.2) is 21.8 Å². The zero-order valence-electron chi connectivity index (χ0n) is 14.6. The van der Waals surface area contributed by atoms with Crippen LogP contribution >= 0.6 is 0 Å². The van der Waals surface area contributed by atoms with Gasteiger partial charge in [0.05, 0.1) is 25.4 Å². The Morgan fingerprint density at radius 3 is 2.08 bits per heavy atom. The van der Waals surface area contributed by atoms with Gasteiger partial charge in [0.1, 0.15) is 5.75 Å². The monoisotopic (exact) mass is 368 g/mol. The first-order valence-corrected chi connectivity index (χ1v) is 10.2. The highest BCUT2D eigenvalue weighted by Gasteiger charge is 2.35. The zero-order chi connectivity index (χ0) is 18.3. The minimum absolute atomic E-state index is 0.195. The SMILES string of the molecule is COc1ccc(N[C@@H]2c3cccc4cccc(c34)[C@@H]2NS(C)(=O)=O)cc1. The number of benzene rings is 3. The van der Waals surface area contributed by atoms with E-state index in [4.69, 9.17) is 4.74 Å². The Kier molecular flexibility index (Phi) is 4.09. The van der Waals surface area contributed by atoms with E-state index in [1.165, 1.54) is 6.26 Å². The predicted molar refractivity (Wildman–Crippen MR) is 104 cm³/mol. The summed E-state index contributed by atoms with van der Waals surface area (Å²) < 4.78 is 32.0. The van der Waals surface area contributed by atoms with E-state index >= 15 is 0 Å². The molecule has 0 aromatic heterocycles. The summed E-state index contributed by atoms with van der Waals surface area (Å²) in [7, 11) is -1.74. The maximum atomic E-state index is 12.0. The summed E-state index contributed by atoms with van der Waals surface area (Å²) in [6.07, 6.45) is 1.20. The fourth-order valence-electron chi connectivity index (χ4n) is 3.67. The van der Waals surface area contributed by atoms with E-state index in [1.807, 2.05) is 42.5 Å². The Morgan fingerprint density at radius 2 is 1.50 bits per heavy atom. The smallest absolute Gasteiger partial charge is 0.209 e. The molecule has 0 amide bonds. The van der Waals surface area contributed by atoms with E-state index < -0.39 is 10.0 Å². The molecule has 0 aliphatic heterocycles. The molecule has 26 heavy (non-hydrogen) atoms. The Labute approximate surface area is 153 Å². The summed E-state index contributed by atoms with van der Waals surface area (Å²) in [6, 6.07) is 19.2. The fraction of sp³-hybridized carbons (Fsp3) is 0.200. The summed E-state index contributed by atoms with van der Waals surface area (Å²) in [5.74, 6) is 0.776. The van der Waals surface area contributed by atoms with Gasteiger partial charge in [-0.1, -0.05) is 36.4 Å². The Balaban J connectivity index is 1.79. The van der Waals surface area contributed by atoms with Gasteiger partial charge < -0.3 is 10.1 Å². The standard InChI is InChI=1S/C20H20N2O3S/c1-25-15-11-9-14(10-12-15)21-19-16-7-3-5-13-6-4-8-17(18(13)16)20(19)22-26(2,23)24/h3-12,19-22H,1-2H3/t19-,20+/m1/s1. The third-order valence-electron chi connectivity index (χ3n) is 4.73. The first-order valence-electron chi connectivity index (χ1n) is 8.36. The van der Waals surface area contributed by atoms with E-state index in [0.29, 0.717) is 0 Å².